The van der Waals surface area contributed by atoms with Crippen LogP contribution in [0.3, 0.4) is 0 Å². The van der Waals surface area contributed by atoms with Gasteiger partial charge in [0, 0.05) is 23.7 Å². The zero-order chi connectivity index (χ0) is 11.1. The Labute approximate surface area is 99.5 Å². The Morgan fingerprint density at radius 1 is 1.50 bits per heavy atom. The van der Waals surface area contributed by atoms with Gasteiger partial charge in [-0.1, -0.05) is 6.42 Å². The van der Waals surface area contributed by atoms with E-state index in [1.807, 2.05) is 0 Å². The van der Waals surface area contributed by atoms with Gasteiger partial charge in [-0.3, -0.25) is 4.40 Å². The van der Waals surface area contributed by atoms with Crippen molar-refractivity contribution in [1.82, 2.24) is 14.7 Å². The molecule has 3 nitrogen and oxygen atoms in total. The second kappa shape index (κ2) is 3.86. The number of aromatic nitrogens is 2. The maximum absolute atomic E-state index is 4.60. The van der Waals surface area contributed by atoms with Gasteiger partial charge in [0.1, 0.15) is 0 Å². The quantitative estimate of drug-likeness (QED) is 0.886. The monoisotopic (exact) mass is 235 g/mol. The first-order valence-corrected chi connectivity index (χ1v) is 6.73. The fourth-order valence-corrected chi connectivity index (χ4v) is 3.07. The smallest absolute Gasteiger partial charge is 0.194 e. The lowest BCUT2D eigenvalue weighted by Crippen LogP contribution is -2.34. The highest BCUT2D eigenvalue weighted by Gasteiger charge is 2.18. The number of nitrogens with zero attached hydrogens (tertiary/aromatic N) is 2. The molecule has 2 heterocycles. The molecule has 2 aromatic rings. The van der Waals surface area contributed by atoms with E-state index in [-0.39, 0.29) is 0 Å². The van der Waals surface area contributed by atoms with Crippen LogP contribution >= 0.6 is 11.3 Å². The second-order valence-electron chi connectivity index (χ2n) is 4.65. The van der Waals surface area contributed by atoms with E-state index in [1.165, 1.54) is 29.8 Å². The topological polar surface area (TPSA) is 29.3 Å². The van der Waals surface area contributed by atoms with Crippen molar-refractivity contribution in [3.05, 3.63) is 22.5 Å². The first-order chi connectivity index (χ1) is 7.74. The van der Waals surface area contributed by atoms with Crippen LogP contribution in [0.4, 0.5) is 0 Å². The number of hydrogen-bond acceptors (Lipinski definition) is 3. The minimum absolute atomic E-state index is 0.740. The summed E-state index contributed by atoms with van der Waals surface area (Å²) in [5.41, 5.74) is 2.49. The van der Waals surface area contributed by atoms with Crippen molar-refractivity contribution in [2.24, 2.45) is 0 Å². The summed E-state index contributed by atoms with van der Waals surface area (Å²) < 4.78 is 2.24. The third-order valence-corrected chi connectivity index (χ3v) is 4.30. The molecule has 16 heavy (non-hydrogen) atoms. The molecule has 1 N–H and O–H groups in total. The molecule has 3 rings (SSSR count). The normalized spacial score (nSPS) is 16.9. The predicted octanol–water partition coefficient (Wildman–Crippen LogP) is 2.65. The number of aryl methyl sites for hydroxylation is 2. The maximum Gasteiger partial charge on any atom is 0.194 e. The minimum Gasteiger partial charge on any atom is -0.308 e. The zero-order valence-corrected chi connectivity index (χ0v) is 10.6. The van der Waals surface area contributed by atoms with Gasteiger partial charge in [0.2, 0.25) is 0 Å². The fraction of sp³-hybridized carbons (Fsp3) is 0.583. The van der Waals surface area contributed by atoms with E-state index in [2.05, 4.69) is 34.7 Å². The maximum atomic E-state index is 4.60. The average molecular weight is 235 g/mol. The largest absolute Gasteiger partial charge is 0.308 e. The number of imidazole rings is 1. The summed E-state index contributed by atoms with van der Waals surface area (Å²) in [6, 6.07) is 0.740. The number of hydrogen-bond donors (Lipinski definition) is 1. The lowest BCUT2D eigenvalue weighted by Gasteiger charge is -2.26. The molecule has 0 aromatic carbocycles. The lowest BCUT2D eigenvalue weighted by atomic mass is 9.93. The van der Waals surface area contributed by atoms with E-state index in [9.17, 15) is 0 Å². The predicted molar refractivity (Wildman–Crippen MR) is 67.0 cm³/mol. The van der Waals surface area contributed by atoms with Crippen molar-refractivity contribution in [3.8, 4) is 0 Å². The highest BCUT2D eigenvalue weighted by Crippen LogP contribution is 2.22. The van der Waals surface area contributed by atoms with Crippen molar-refractivity contribution < 1.29 is 0 Å². The van der Waals surface area contributed by atoms with Gasteiger partial charge in [-0.05, 0) is 26.7 Å². The van der Waals surface area contributed by atoms with Crippen molar-refractivity contribution in [2.45, 2.75) is 45.7 Å². The van der Waals surface area contributed by atoms with E-state index < -0.39 is 0 Å². The molecule has 0 atom stereocenters. The summed E-state index contributed by atoms with van der Waals surface area (Å²) >= 11 is 1.77. The van der Waals surface area contributed by atoms with Crippen LogP contribution in [-0.4, -0.2) is 15.4 Å². The molecule has 4 heteroatoms. The second-order valence-corrected chi connectivity index (χ2v) is 5.86. The van der Waals surface area contributed by atoms with Crippen molar-refractivity contribution in [2.75, 3.05) is 0 Å². The van der Waals surface area contributed by atoms with Gasteiger partial charge < -0.3 is 5.32 Å². The van der Waals surface area contributed by atoms with Gasteiger partial charge in [0.15, 0.2) is 4.96 Å². The van der Waals surface area contributed by atoms with Gasteiger partial charge in [-0.15, -0.1) is 11.3 Å². The van der Waals surface area contributed by atoms with E-state index in [0.29, 0.717) is 0 Å². The van der Waals surface area contributed by atoms with Gasteiger partial charge in [0.25, 0.3) is 0 Å². The van der Waals surface area contributed by atoms with E-state index in [0.717, 1.165) is 23.2 Å². The van der Waals surface area contributed by atoms with Crippen LogP contribution in [-0.2, 0) is 6.54 Å². The Morgan fingerprint density at radius 2 is 2.31 bits per heavy atom. The van der Waals surface area contributed by atoms with Gasteiger partial charge in [-0.25, -0.2) is 4.98 Å². The van der Waals surface area contributed by atoms with E-state index in [4.69, 9.17) is 0 Å². The summed E-state index contributed by atoms with van der Waals surface area (Å²) in [6.45, 7) is 5.19. The molecule has 0 spiro atoms. The van der Waals surface area contributed by atoms with Crippen LogP contribution in [0.25, 0.3) is 4.96 Å². The Hall–Kier alpha value is -0.870. The molecule has 1 aliphatic carbocycles. The van der Waals surface area contributed by atoms with Crippen LogP contribution in [0.1, 0.15) is 35.5 Å². The van der Waals surface area contributed by atoms with Crippen LogP contribution in [0.2, 0.25) is 0 Å². The van der Waals surface area contributed by atoms with Crippen molar-refractivity contribution in [3.63, 3.8) is 0 Å². The standard InChI is InChI=1S/C12H17N3S/c1-8-7-15-11(6-13-10-4-3-5-10)9(2)14-12(15)16-8/h7,10,13H,3-6H2,1-2H3. The summed E-state index contributed by atoms with van der Waals surface area (Å²) in [5, 5.41) is 3.61. The minimum atomic E-state index is 0.740. The number of thiazole rings is 1. The number of fused-ring (bicyclic) bond motifs is 1. The highest BCUT2D eigenvalue weighted by molar-refractivity contribution is 7.17. The molecule has 2 aromatic heterocycles. The zero-order valence-electron chi connectivity index (χ0n) is 9.79. The molecule has 1 aliphatic rings. The van der Waals surface area contributed by atoms with Gasteiger partial charge >= 0.3 is 0 Å². The third-order valence-electron chi connectivity index (χ3n) is 3.40. The Morgan fingerprint density at radius 3 is 3.00 bits per heavy atom. The summed E-state index contributed by atoms with van der Waals surface area (Å²) in [5.74, 6) is 0. The SMILES string of the molecule is Cc1cn2c(CNC3CCC3)c(C)nc2s1. The molecule has 0 saturated heterocycles. The number of rotatable bonds is 3. The molecular formula is C12H17N3S. The summed E-state index contributed by atoms with van der Waals surface area (Å²) in [4.78, 5) is 7.05. The molecule has 0 unspecified atom stereocenters. The first kappa shape index (κ1) is 10.3. The average Bonchev–Trinajstić information content (AvgIpc) is 2.61. The van der Waals surface area contributed by atoms with E-state index >= 15 is 0 Å². The Balaban J connectivity index is 1.85. The summed E-state index contributed by atoms with van der Waals surface area (Å²) in [6.07, 6.45) is 6.25. The van der Waals surface area contributed by atoms with Crippen LogP contribution in [0.5, 0.6) is 0 Å². The number of nitrogens with one attached hydrogen (secondary N) is 1. The molecule has 1 saturated carbocycles. The lowest BCUT2D eigenvalue weighted by molar-refractivity contribution is 0.336. The molecule has 86 valence electrons. The van der Waals surface area contributed by atoms with E-state index in [1.54, 1.807) is 11.3 Å². The molecule has 0 amide bonds. The van der Waals surface area contributed by atoms with Gasteiger partial charge in [-0.2, -0.15) is 0 Å². The molecule has 0 radical (unpaired) electrons. The molecule has 0 aliphatic heterocycles. The Kier molecular flexibility index (Phi) is 2.48. The summed E-state index contributed by atoms with van der Waals surface area (Å²) in [7, 11) is 0. The van der Waals surface area contributed by atoms with Crippen molar-refractivity contribution in [1.29, 1.82) is 0 Å². The van der Waals surface area contributed by atoms with Crippen LogP contribution < -0.4 is 5.32 Å². The first-order valence-electron chi connectivity index (χ1n) is 5.91. The highest BCUT2D eigenvalue weighted by atomic mass is 32.1. The molecule has 1 fully saturated rings. The van der Waals surface area contributed by atoms with Crippen LogP contribution in [0.15, 0.2) is 6.20 Å². The molecular weight excluding hydrogens is 218 g/mol. The third kappa shape index (κ3) is 1.66. The molecule has 0 bridgehead atoms. The Bertz CT molecular complexity index is 508. The van der Waals surface area contributed by atoms with Crippen LogP contribution in [0, 0.1) is 13.8 Å². The fourth-order valence-electron chi connectivity index (χ4n) is 2.18. The van der Waals surface area contributed by atoms with Gasteiger partial charge in [0.05, 0.1) is 11.4 Å². The van der Waals surface area contributed by atoms with Crippen molar-refractivity contribution >= 4 is 16.3 Å².